The Kier molecular flexibility index (Phi) is 15.8. The van der Waals surface area contributed by atoms with Crippen molar-refractivity contribution in [3.63, 3.8) is 0 Å². The van der Waals surface area contributed by atoms with Crippen molar-refractivity contribution >= 4 is 12.0 Å². The Morgan fingerprint density at radius 3 is 1.85 bits per heavy atom. The Morgan fingerprint density at radius 2 is 1.30 bits per heavy atom. The fourth-order valence-electron chi connectivity index (χ4n) is 1.62. The molecule has 27 heavy (non-hydrogen) atoms. The maximum Gasteiger partial charge on any atom is 0.407 e. The summed E-state index contributed by atoms with van der Waals surface area (Å²) in [6.07, 6.45) is -0.485. The molecule has 0 fully saturated rings. The number of hydrogen-bond acceptors (Lipinski definition) is 8. The summed E-state index contributed by atoms with van der Waals surface area (Å²) in [5.74, 6) is -0.235. The van der Waals surface area contributed by atoms with Gasteiger partial charge >= 0.3 is 6.09 Å². The molecule has 10 heteroatoms. The minimum absolute atomic E-state index is 0.00985. The summed E-state index contributed by atoms with van der Waals surface area (Å²) in [6, 6.07) is 0. The number of amides is 2. The third-order valence-electron chi connectivity index (χ3n) is 2.70. The van der Waals surface area contributed by atoms with Crippen molar-refractivity contribution in [2.45, 2.75) is 26.4 Å². The number of hydrogen-bond donors (Lipinski definition) is 3. The van der Waals surface area contributed by atoms with Crippen LogP contribution in [0.4, 0.5) is 4.79 Å². The molecule has 0 unspecified atom stereocenters. The van der Waals surface area contributed by atoms with E-state index in [1.165, 1.54) is 0 Å². The van der Waals surface area contributed by atoms with Gasteiger partial charge in [-0.05, 0) is 20.8 Å². The Bertz CT molecular complexity index is 388. The zero-order chi connectivity index (χ0) is 20.4. The monoisotopic (exact) mass is 394 g/mol. The van der Waals surface area contributed by atoms with Crippen molar-refractivity contribution < 1.29 is 38.4 Å². The van der Waals surface area contributed by atoms with Gasteiger partial charge < -0.3 is 39.4 Å². The molecule has 0 aliphatic carbocycles. The van der Waals surface area contributed by atoms with Gasteiger partial charge in [0.1, 0.15) is 12.2 Å². The Balaban J connectivity index is 3.31. The molecule has 10 nitrogen and oxygen atoms in total. The summed E-state index contributed by atoms with van der Waals surface area (Å²) in [5.41, 5.74) is -0.528. The number of carbonyl (C=O) groups is 2. The van der Waals surface area contributed by atoms with Crippen molar-refractivity contribution in [2.24, 2.45) is 0 Å². The lowest BCUT2D eigenvalue weighted by Crippen LogP contribution is -2.34. The van der Waals surface area contributed by atoms with Gasteiger partial charge in [-0.2, -0.15) is 0 Å². The van der Waals surface area contributed by atoms with Gasteiger partial charge in [-0.1, -0.05) is 0 Å². The van der Waals surface area contributed by atoms with Crippen LogP contribution in [0.5, 0.6) is 0 Å². The predicted octanol–water partition coefficient (Wildman–Crippen LogP) is -0.314. The van der Waals surface area contributed by atoms with Crippen LogP contribution in [0, 0.1) is 0 Å². The molecule has 160 valence electrons. The maximum absolute atomic E-state index is 11.5. The second-order valence-corrected chi connectivity index (χ2v) is 6.39. The minimum atomic E-state index is -0.528. The molecule has 0 radical (unpaired) electrons. The van der Waals surface area contributed by atoms with Gasteiger partial charge in [-0.25, -0.2) is 4.79 Å². The van der Waals surface area contributed by atoms with E-state index >= 15 is 0 Å². The molecular formula is C17H34N2O8. The van der Waals surface area contributed by atoms with Crippen LogP contribution in [0.1, 0.15) is 20.8 Å². The topological polar surface area (TPSA) is 125 Å². The molecule has 3 N–H and O–H groups in total. The first-order chi connectivity index (χ1) is 12.8. The van der Waals surface area contributed by atoms with Crippen molar-refractivity contribution in [1.82, 2.24) is 10.6 Å². The highest BCUT2D eigenvalue weighted by molar-refractivity contribution is 5.77. The molecule has 0 spiro atoms. The molecule has 0 aromatic rings. The number of ether oxygens (including phenoxy) is 5. The number of alkyl carbamates (subject to hydrolysis) is 1. The highest BCUT2D eigenvalue weighted by Gasteiger charge is 2.15. The number of carbonyl (C=O) groups excluding carboxylic acids is 2. The smallest absolute Gasteiger partial charge is 0.407 e. The largest absolute Gasteiger partial charge is 0.444 e. The molecule has 0 heterocycles. The first-order valence-corrected chi connectivity index (χ1v) is 9.00. The van der Waals surface area contributed by atoms with E-state index in [9.17, 15) is 9.59 Å². The fourth-order valence-corrected chi connectivity index (χ4v) is 1.62. The first kappa shape index (κ1) is 25.5. The Morgan fingerprint density at radius 1 is 0.778 bits per heavy atom. The number of aliphatic hydroxyl groups excluding tert-OH is 1. The molecule has 0 atom stereocenters. The summed E-state index contributed by atoms with van der Waals surface area (Å²) < 4.78 is 25.8. The van der Waals surface area contributed by atoms with Crippen LogP contribution in [-0.2, 0) is 28.5 Å². The number of nitrogens with one attached hydrogen (secondary N) is 2. The SMILES string of the molecule is CC(C)(C)OC(=O)NCCOCCOCC(=O)NCCOCCOCCO. The van der Waals surface area contributed by atoms with Gasteiger partial charge in [0.15, 0.2) is 0 Å². The third kappa shape index (κ3) is 20.7. The minimum Gasteiger partial charge on any atom is -0.444 e. The van der Waals surface area contributed by atoms with E-state index in [0.29, 0.717) is 52.7 Å². The van der Waals surface area contributed by atoms with Crippen LogP contribution in [0.2, 0.25) is 0 Å². The molecule has 0 saturated carbocycles. The van der Waals surface area contributed by atoms with E-state index < -0.39 is 11.7 Å². The summed E-state index contributed by atoms with van der Waals surface area (Å²) in [7, 11) is 0. The average molecular weight is 394 g/mol. The van der Waals surface area contributed by atoms with E-state index in [2.05, 4.69) is 10.6 Å². The lowest BCUT2D eigenvalue weighted by atomic mass is 10.2. The normalized spacial score (nSPS) is 11.3. The Hall–Kier alpha value is -1.46. The quantitative estimate of drug-likeness (QED) is 0.304. The van der Waals surface area contributed by atoms with E-state index in [0.717, 1.165) is 0 Å². The number of aliphatic hydroxyl groups is 1. The van der Waals surface area contributed by atoms with E-state index in [1.807, 2.05) is 0 Å². The van der Waals surface area contributed by atoms with Gasteiger partial charge in [-0.3, -0.25) is 4.79 Å². The van der Waals surface area contributed by atoms with Crippen LogP contribution in [0.15, 0.2) is 0 Å². The molecule has 0 aromatic heterocycles. The highest BCUT2D eigenvalue weighted by atomic mass is 16.6. The van der Waals surface area contributed by atoms with Crippen LogP contribution >= 0.6 is 0 Å². The molecule has 0 saturated heterocycles. The molecule has 0 bridgehead atoms. The zero-order valence-electron chi connectivity index (χ0n) is 16.6. The van der Waals surface area contributed by atoms with E-state index in [-0.39, 0.29) is 25.7 Å². The second kappa shape index (κ2) is 16.7. The lowest BCUT2D eigenvalue weighted by Gasteiger charge is -2.19. The second-order valence-electron chi connectivity index (χ2n) is 6.39. The van der Waals surface area contributed by atoms with Gasteiger partial charge in [0.05, 0.1) is 52.9 Å². The standard InChI is InChI=1S/C17H34N2O8/c1-17(2,3)27-16(22)19-5-8-24-12-13-26-14-15(21)18-4-7-23-10-11-25-9-6-20/h20H,4-14H2,1-3H3,(H,18,21)(H,19,22). The summed E-state index contributed by atoms with van der Waals surface area (Å²) >= 11 is 0. The van der Waals surface area contributed by atoms with Gasteiger partial charge in [0.2, 0.25) is 5.91 Å². The average Bonchev–Trinajstić information content (AvgIpc) is 2.58. The molecule has 0 aliphatic heterocycles. The first-order valence-electron chi connectivity index (χ1n) is 9.00. The summed E-state index contributed by atoms with van der Waals surface area (Å²) in [6.45, 7) is 8.44. The van der Waals surface area contributed by atoms with E-state index in [1.54, 1.807) is 20.8 Å². The lowest BCUT2D eigenvalue weighted by molar-refractivity contribution is -0.126. The van der Waals surface area contributed by atoms with Crippen LogP contribution in [0.25, 0.3) is 0 Å². The third-order valence-corrected chi connectivity index (χ3v) is 2.70. The molecule has 2 amide bonds. The van der Waals surface area contributed by atoms with Crippen molar-refractivity contribution in [2.75, 3.05) is 72.6 Å². The van der Waals surface area contributed by atoms with Crippen LogP contribution in [-0.4, -0.2) is 95.3 Å². The summed E-state index contributed by atoms with van der Waals surface area (Å²) in [4.78, 5) is 22.9. The Labute approximate surface area is 160 Å². The molecular weight excluding hydrogens is 360 g/mol. The fraction of sp³-hybridized carbons (Fsp3) is 0.882. The van der Waals surface area contributed by atoms with Gasteiger partial charge in [0.25, 0.3) is 0 Å². The van der Waals surface area contributed by atoms with Crippen LogP contribution in [0.3, 0.4) is 0 Å². The van der Waals surface area contributed by atoms with Crippen molar-refractivity contribution in [3.05, 3.63) is 0 Å². The number of rotatable bonds is 16. The summed E-state index contributed by atoms with van der Waals surface area (Å²) in [5, 5.41) is 13.7. The van der Waals surface area contributed by atoms with Gasteiger partial charge in [0, 0.05) is 13.1 Å². The predicted molar refractivity (Wildman–Crippen MR) is 97.6 cm³/mol. The molecule has 0 aromatic carbocycles. The highest BCUT2D eigenvalue weighted by Crippen LogP contribution is 2.05. The van der Waals surface area contributed by atoms with Crippen molar-refractivity contribution in [1.29, 1.82) is 0 Å². The van der Waals surface area contributed by atoms with Crippen molar-refractivity contribution in [3.8, 4) is 0 Å². The molecule has 0 aliphatic rings. The maximum atomic E-state index is 11.5. The van der Waals surface area contributed by atoms with Gasteiger partial charge in [-0.15, -0.1) is 0 Å². The zero-order valence-corrected chi connectivity index (χ0v) is 16.6. The van der Waals surface area contributed by atoms with Crippen LogP contribution < -0.4 is 10.6 Å². The molecule has 0 rings (SSSR count). The van der Waals surface area contributed by atoms with E-state index in [4.69, 9.17) is 28.8 Å².